The van der Waals surface area contributed by atoms with Gasteiger partial charge >= 0.3 is 35.6 Å². The monoisotopic (exact) mass is 363 g/mol. The molecule has 13 heavy (non-hydrogen) atoms. The zero-order valence-corrected chi connectivity index (χ0v) is 13.1. The van der Waals surface area contributed by atoms with Crippen molar-refractivity contribution in [3.05, 3.63) is 30.2 Å². The summed E-state index contributed by atoms with van der Waals surface area (Å²) in [6, 6.07) is 0. The Labute approximate surface area is 127 Å². The van der Waals surface area contributed by atoms with E-state index in [1.54, 1.807) is 5.57 Å². The Hall–Kier alpha value is 1.41. The summed E-state index contributed by atoms with van der Waals surface area (Å²) in [6.07, 6.45) is 13.0. The Morgan fingerprint density at radius 3 is 2.54 bits per heavy atom. The third-order valence-electron chi connectivity index (χ3n) is 2.21. The van der Waals surface area contributed by atoms with Crippen molar-refractivity contribution in [1.29, 1.82) is 0 Å². The van der Waals surface area contributed by atoms with Crippen LogP contribution in [0, 0.1) is 47.9 Å². The quantitative estimate of drug-likeness (QED) is 0.375. The molecule has 0 spiro atoms. The van der Waals surface area contributed by atoms with Crippen LogP contribution in [-0.2, 0) is 0 Å². The van der Waals surface area contributed by atoms with Gasteiger partial charge in [0, 0.05) is 0 Å². The molecular formula is C9H11Cl3La-. The van der Waals surface area contributed by atoms with Gasteiger partial charge in [-0.05, 0) is 12.3 Å². The van der Waals surface area contributed by atoms with E-state index in [9.17, 15) is 0 Å². The predicted octanol–water partition coefficient (Wildman–Crippen LogP) is -6.50. The Morgan fingerprint density at radius 1 is 1.23 bits per heavy atom. The van der Waals surface area contributed by atoms with Crippen LogP contribution >= 0.6 is 0 Å². The van der Waals surface area contributed by atoms with Gasteiger partial charge in [0.1, 0.15) is 0 Å². The molecule has 1 unspecified atom stereocenters. The average Bonchev–Trinajstić information content (AvgIpc) is 2.33. The van der Waals surface area contributed by atoms with E-state index in [0.29, 0.717) is 0 Å². The Balaban J connectivity index is -0.000000250. The molecule has 2 aliphatic rings. The topological polar surface area (TPSA) is 0 Å². The van der Waals surface area contributed by atoms with E-state index in [0.717, 1.165) is 5.92 Å². The second kappa shape index (κ2) is 9.95. The van der Waals surface area contributed by atoms with Crippen molar-refractivity contribution in [2.45, 2.75) is 19.3 Å². The molecule has 0 N–H and O–H groups in total. The first kappa shape index (κ1) is 19.9. The summed E-state index contributed by atoms with van der Waals surface area (Å²) in [4.78, 5) is 0. The van der Waals surface area contributed by atoms with Crippen molar-refractivity contribution in [2.75, 3.05) is 0 Å². The summed E-state index contributed by atoms with van der Waals surface area (Å²) in [5.74, 6) is 0.884. The maximum atomic E-state index is 2.37. The molecule has 0 amide bonds. The molecule has 0 nitrogen and oxygen atoms in total. The molecule has 2 aliphatic carbocycles. The van der Waals surface area contributed by atoms with E-state index >= 15 is 0 Å². The van der Waals surface area contributed by atoms with Crippen molar-refractivity contribution in [3.63, 3.8) is 0 Å². The summed E-state index contributed by atoms with van der Waals surface area (Å²) in [5.41, 5.74) is 1.58. The van der Waals surface area contributed by atoms with E-state index in [4.69, 9.17) is 0 Å². The van der Waals surface area contributed by atoms with Crippen LogP contribution < -0.4 is 37.2 Å². The molecule has 1 fully saturated rings. The van der Waals surface area contributed by atoms with Gasteiger partial charge in [-0.15, -0.1) is 18.6 Å². The molecule has 2 rings (SSSR count). The first-order chi connectivity index (χ1) is 4.47. The number of hydrogen-bond donors (Lipinski definition) is 0. The molecule has 0 saturated heterocycles. The van der Waals surface area contributed by atoms with Gasteiger partial charge in [-0.2, -0.15) is 0 Å². The van der Waals surface area contributed by atoms with Crippen LogP contribution in [0.2, 0.25) is 0 Å². The molecule has 4 heteroatoms. The number of rotatable bonds is 0. The van der Waals surface area contributed by atoms with Crippen LogP contribution in [0.3, 0.4) is 0 Å². The minimum Gasteiger partial charge on any atom is -1.00 e. The summed E-state index contributed by atoms with van der Waals surface area (Å²) >= 11 is 0. The molecule has 0 heterocycles. The van der Waals surface area contributed by atoms with Crippen LogP contribution in [0.4, 0.5) is 0 Å². The fourth-order valence-electron chi connectivity index (χ4n) is 1.66. The minimum absolute atomic E-state index is 0. The molecule has 0 bridgehead atoms. The van der Waals surface area contributed by atoms with Crippen LogP contribution in [-0.4, -0.2) is 0 Å². The van der Waals surface area contributed by atoms with Crippen LogP contribution in [0.5, 0.6) is 0 Å². The molecule has 0 radical (unpaired) electrons. The van der Waals surface area contributed by atoms with Gasteiger partial charge in [-0.1, -0.05) is 6.42 Å². The first-order valence-corrected chi connectivity index (χ1v) is 3.67. The van der Waals surface area contributed by atoms with E-state index in [2.05, 4.69) is 24.6 Å². The van der Waals surface area contributed by atoms with Crippen molar-refractivity contribution in [2.24, 2.45) is 5.92 Å². The minimum atomic E-state index is 0. The molecule has 0 aromatic carbocycles. The van der Waals surface area contributed by atoms with Crippen LogP contribution in [0.1, 0.15) is 19.3 Å². The van der Waals surface area contributed by atoms with Gasteiger partial charge in [0.05, 0.1) is 0 Å². The van der Waals surface area contributed by atoms with Crippen molar-refractivity contribution in [1.82, 2.24) is 0 Å². The summed E-state index contributed by atoms with van der Waals surface area (Å²) in [5, 5.41) is 0. The smallest absolute Gasteiger partial charge is 1.00 e. The standard InChI is InChI=1S/C9H11.3ClH.La/c1-2-5-9-7-3-6-8(9)4-1;;;;/h1-2,4,6,9H,3,5,7H2;3*1H;/q-1;;;;+3/p-3. The summed E-state index contributed by atoms with van der Waals surface area (Å²) in [6.45, 7) is 0. The van der Waals surface area contributed by atoms with Crippen LogP contribution in [0.25, 0.3) is 0 Å². The van der Waals surface area contributed by atoms with Gasteiger partial charge in [0.15, 0.2) is 0 Å². The third kappa shape index (κ3) is 5.15. The Bertz CT molecular complexity index is 178. The van der Waals surface area contributed by atoms with Crippen molar-refractivity contribution < 1.29 is 72.8 Å². The zero-order chi connectivity index (χ0) is 6.10. The Morgan fingerprint density at radius 2 is 1.92 bits per heavy atom. The molecular weight excluding hydrogens is 353 g/mol. The maximum absolute atomic E-state index is 2.37. The van der Waals surface area contributed by atoms with Crippen LogP contribution in [0.15, 0.2) is 23.8 Å². The number of fused-ring (bicyclic) bond motifs is 1. The summed E-state index contributed by atoms with van der Waals surface area (Å²) < 4.78 is 0. The molecule has 1 saturated carbocycles. The van der Waals surface area contributed by atoms with E-state index in [-0.39, 0.29) is 72.8 Å². The number of hydrogen-bond acceptors (Lipinski definition) is 0. The normalized spacial score (nSPS) is 21.5. The molecule has 1 atom stereocenters. The SMILES string of the molecule is C1=CCC2CC[CH-]C2=C1.[Cl-].[Cl-].[Cl-].[La+3]. The first-order valence-electron chi connectivity index (χ1n) is 3.67. The zero-order valence-electron chi connectivity index (χ0n) is 7.22. The molecule has 0 aliphatic heterocycles. The fourth-order valence-corrected chi connectivity index (χ4v) is 1.66. The second-order valence-corrected chi connectivity index (χ2v) is 2.81. The van der Waals surface area contributed by atoms with E-state index in [1.807, 2.05) is 0 Å². The largest absolute Gasteiger partial charge is 3.00 e. The average molecular weight is 364 g/mol. The van der Waals surface area contributed by atoms with E-state index in [1.165, 1.54) is 19.3 Å². The van der Waals surface area contributed by atoms with Gasteiger partial charge in [0.25, 0.3) is 0 Å². The van der Waals surface area contributed by atoms with Gasteiger partial charge in [0.2, 0.25) is 0 Å². The van der Waals surface area contributed by atoms with Gasteiger partial charge < -0.3 is 37.2 Å². The Kier molecular flexibility index (Phi) is 15.2. The van der Waals surface area contributed by atoms with E-state index < -0.39 is 0 Å². The number of allylic oxidation sites excluding steroid dienone is 4. The third-order valence-corrected chi connectivity index (χ3v) is 2.21. The summed E-state index contributed by atoms with van der Waals surface area (Å²) in [7, 11) is 0. The fraction of sp³-hybridized carbons (Fsp3) is 0.444. The number of halogens is 3. The van der Waals surface area contributed by atoms with Gasteiger partial charge in [-0.25, -0.2) is 18.1 Å². The second-order valence-electron chi connectivity index (χ2n) is 2.81. The van der Waals surface area contributed by atoms with Crippen molar-refractivity contribution in [3.8, 4) is 0 Å². The van der Waals surface area contributed by atoms with Gasteiger partial charge in [-0.3, -0.25) is 0 Å². The molecule has 0 aromatic heterocycles. The molecule has 72 valence electrons. The maximum Gasteiger partial charge on any atom is 3.00 e. The molecule has 0 aromatic rings. The predicted molar refractivity (Wildman–Crippen MR) is 38.9 cm³/mol. The van der Waals surface area contributed by atoms with Crippen molar-refractivity contribution >= 4 is 0 Å².